The molecule has 5 rings (SSSR count). The van der Waals surface area contributed by atoms with Gasteiger partial charge in [0.05, 0.1) is 55.6 Å². The van der Waals surface area contributed by atoms with E-state index >= 15 is 4.39 Å². The van der Waals surface area contributed by atoms with Gasteiger partial charge in [0, 0.05) is 17.7 Å². The molecule has 2 aliphatic heterocycles. The number of hydrogen-bond acceptors (Lipinski definition) is 7. The van der Waals surface area contributed by atoms with Crippen LogP contribution in [0.2, 0.25) is 0 Å². The normalized spacial score (nSPS) is 17.9. The van der Waals surface area contributed by atoms with E-state index in [1.54, 1.807) is 0 Å². The quantitative estimate of drug-likeness (QED) is 0.204. The summed E-state index contributed by atoms with van der Waals surface area (Å²) in [6.07, 6.45) is -10.7. The molecular formula is C30H27F7N2O6S. The molecule has 0 amide bonds. The lowest BCUT2D eigenvalue weighted by Crippen LogP contribution is -2.57. The van der Waals surface area contributed by atoms with Crippen molar-refractivity contribution in [2.45, 2.75) is 41.9 Å². The fourth-order valence-electron chi connectivity index (χ4n) is 5.52. The van der Waals surface area contributed by atoms with Gasteiger partial charge < -0.3 is 19.1 Å². The highest BCUT2D eigenvalue weighted by atomic mass is 32.2. The van der Waals surface area contributed by atoms with Crippen LogP contribution in [-0.4, -0.2) is 54.3 Å². The molecule has 46 heavy (non-hydrogen) atoms. The predicted octanol–water partition coefficient (Wildman–Crippen LogP) is 6.33. The second kappa shape index (κ2) is 11.9. The van der Waals surface area contributed by atoms with Gasteiger partial charge in [-0.1, -0.05) is 12.1 Å². The van der Waals surface area contributed by atoms with Crippen LogP contribution in [-0.2, 0) is 37.6 Å². The Labute approximate surface area is 259 Å². The number of ether oxygens (including phenoxy) is 3. The largest absolute Gasteiger partial charge is 0.496 e. The second-order valence-electron chi connectivity index (χ2n) is 10.8. The van der Waals surface area contributed by atoms with Crippen LogP contribution < -0.4 is 18.7 Å². The number of methoxy groups -OCH3 is 2. The minimum absolute atomic E-state index is 0.0107. The molecule has 16 heteroatoms. The molecule has 1 atom stereocenters. The molecule has 1 fully saturated rings. The number of benzene rings is 3. The maximum Gasteiger partial charge on any atom is 0.416 e. The molecule has 2 aliphatic rings. The van der Waals surface area contributed by atoms with Crippen molar-refractivity contribution in [3.8, 4) is 11.5 Å². The van der Waals surface area contributed by atoms with Crippen molar-refractivity contribution in [1.29, 1.82) is 0 Å². The molecule has 248 valence electrons. The number of anilines is 2. The number of carbonyl (C=O) groups excluding carboxylic acids is 1. The first kappa shape index (κ1) is 33.2. The first-order valence-corrected chi connectivity index (χ1v) is 15.2. The predicted molar refractivity (Wildman–Crippen MR) is 151 cm³/mol. The Kier molecular flexibility index (Phi) is 8.55. The Balaban J connectivity index is 1.50. The van der Waals surface area contributed by atoms with Crippen molar-refractivity contribution in [3.63, 3.8) is 0 Å². The highest BCUT2D eigenvalue weighted by Crippen LogP contribution is 2.49. The van der Waals surface area contributed by atoms with E-state index in [-0.39, 0.29) is 35.7 Å². The molecule has 3 aromatic carbocycles. The van der Waals surface area contributed by atoms with Gasteiger partial charge in [-0.15, -0.1) is 0 Å². The fourth-order valence-corrected chi connectivity index (χ4v) is 7.06. The van der Waals surface area contributed by atoms with Crippen molar-refractivity contribution in [1.82, 2.24) is 0 Å². The maximum absolute atomic E-state index is 16.1. The summed E-state index contributed by atoms with van der Waals surface area (Å²) in [5, 5.41) is 0. The standard InChI is InChI=1S/C30H27F7N2O6S/c1-43-25-8-4-7-22(30(35,36)37)27(25)28(31)16-38(17-28)19-9-11-24-23(14-19)39(15-20(45-24)10-12-26(40)44-2)46(41,42)21-6-3-5-18(13-21)29(32,33)34/h3-9,11,13-14,20H,10,12,15-17H2,1-2H3/t20-/m0/s1. The first-order chi connectivity index (χ1) is 21.5. The van der Waals surface area contributed by atoms with Crippen LogP contribution in [0.25, 0.3) is 0 Å². The van der Waals surface area contributed by atoms with Crippen molar-refractivity contribution >= 4 is 27.4 Å². The summed E-state index contributed by atoms with van der Waals surface area (Å²) in [7, 11) is -2.36. The Bertz CT molecular complexity index is 1740. The summed E-state index contributed by atoms with van der Waals surface area (Å²) in [5.74, 6) is -0.864. The summed E-state index contributed by atoms with van der Waals surface area (Å²) in [6.45, 7) is -1.48. The number of fused-ring (bicyclic) bond motifs is 1. The minimum atomic E-state index is -4.87. The SMILES string of the molecule is COC(=O)CC[C@H]1CN(S(=O)(=O)c2cccc(C(F)(F)F)c2)c2cc(N3CC(F)(c4c(OC)cccc4C(F)(F)F)C3)ccc2O1. The number of nitrogens with zero attached hydrogens (tertiary/aromatic N) is 2. The van der Waals surface area contributed by atoms with E-state index in [1.807, 2.05) is 0 Å². The number of carbonyl (C=O) groups is 1. The molecule has 8 nitrogen and oxygen atoms in total. The Hall–Kier alpha value is -4.21. The van der Waals surface area contributed by atoms with Gasteiger partial charge in [-0.25, -0.2) is 12.8 Å². The lowest BCUT2D eigenvalue weighted by atomic mass is 9.83. The number of halogens is 7. The number of esters is 1. The molecule has 0 N–H and O–H groups in total. The van der Waals surface area contributed by atoms with E-state index in [1.165, 1.54) is 36.3 Å². The van der Waals surface area contributed by atoms with Gasteiger partial charge in [0.15, 0.2) is 5.67 Å². The first-order valence-electron chi connectivity index (χ1n) is 13.7. The van der Waals surface area contributed by atoms with Crippen LogP contribution in [0, 0.1) is 0 Å². The van der Waals surface area contributed by atoms with E-state index in [4.69, 9.17) is 9.47 Å². The molecule has 2 heterocycles. The van der Waals surface area contributed by atoms with Crippen LogP contribution in [0.4, 0.5) is 42.1 Å². The van der Waals surface area contributed by atoms with Crippen LogP contribution in [0.5, 0.6) is 11.5 Å². The van der Waals surface area contributed by atoms with Gasteiger partial charge in [0.2, 0.25) is 0 Å². The van der Waals surface area contributed by atoms with Gasteiger partial charge in [0.25, 0.3) is 10.0 Å². The number of alkyl halides is 7. The maximum atomic E-state index is 16.1. The third kappa shape index (κ3) is 6.26. The smallest absolute Gasteiger partial charge is 0.416 e. The molecule has 1 saturated heterocycles. The van der Waals surface area contributed by atoms with Crippen molar-refractivity contribution in [3.05, 3.63) is 77.4 Å². The molecular weight excluding hydrogens is 649 g/mol. The minimum Gasteiger partial charge on any atom is -0.496 e. The molecule has 3 aromatic rings. The average Bonchev–Trinajstić information content (AvgIpc) is 3.00. The zero-order chi connectivity index (χ0) is 33.7. The average molecular weight is 677 g/mol. The third-order valence-electron chi connectivity index (χ3n) is 7.77. The number of sulfonamides is 1. The van der Waals surface area contributed by atoms with E-state index in [2.05, 4.69) is 4.74 Å². The monoisotopic (exact) mass is 676 g/mol. The summed E-state index contributed by atoms with van der Waals surface area (Å²) in [6, 6.07) is 10.4. The fraction of sp³-hybridized carbons (Fsp3) is 0.367. The van der Waals surface area contributed by atoms with Crippen molar-refractivity contribution in [2.75, 3.05) is 43.1 Å². The Morgan fingerprint density at radius 2 is 1.67 bits per heavy atom. The number of hydrogen-bond donors (Lipinski definition) is 0. The zero-order valence-electron chi connectivity index (χ0n) is 24.3. The van der Waals surface area contributed by atoms with Gasteiger partial charge in [-0.3, -0.25) is 9.10 Å². The summed E-state index contributed by atoms with van der Waals surface area (Å²) >= 11 is 0. The van der Waals surface area contributed by atoms with Crippen molar-refractivity contribution < 1.29 is 58.2 Å². The van der Waals surface area contributed by atoms with Crippen LogP contribution in [0.1, 0.15) is 29.5 Å². The zero-order valence-corrected chi connectivity index (χ0v) is 25.1. The van der Waals surface area contributed by atoms with E-state index in [0.29, 0.717) is 6.07 Å². The molecule has 0 unspecified atom stereocenters. The van der Waals surface area contributed by atoms with Crippen LogP contribution in [0.3, 0.4) is 0 Å². The topological polar surface area (TPSA) is 85.4 Å². The summed E-state index contributed by atoms with van der Waals surface area (Å²) in [5.41, 5.74) is -5.39. The van der Waals surface area contributed by atoms with E-state index < -0.39 is 81.3 Å². The van der Waals surface area contributed by atoms with Crippen LogP contribution in [0.15, 0.2) is 65.6 Å². The highest BCUT2D eigenvalue weighted by Gasteiger charge is 2.52. The van der Waals surface area contributed by atoms with Gasteiger partial charge in [-0.2, -0.15) is 26.3 Å². The summed E-state index contributed by atoms with van der Waals surface area (Å²) < 4.78 is 142. The van der Waals surface area contributed by atoms with Gasteiger partial charge in [-0.05, 0) is 55.0 Å². The van der Waals surface area contributed by atoms with Crippen LogP contribution >= 0.6 is 0 Å². The second-order valence-corrected chi connectivity index (χ2v) is 12.6. The molecule has 0 aliphatic carbocycles. The Morgan fingerprint density at radius 1 is 0.978 bits per heavy atom. The molecule has 0 saturated carbocycles. The van der Waals surface area contributed by atoms with Gasteiger partial charge in [0.1, 0.15) is 17.6 Å². The van der Waals surface area contributed by atoms with E-state index in [0.717, 1.165) is 41.7 Å². The number of rotatable bonds is 8. The lowest BCUT2D eigenvalue weighted by Gasteiger charge is -2.47. The van der Waals surface area contributed by atoms with Crippen molar-refractivity contribution in [2.24, 2.45) is 0 Å². The Morgan fingerprint density at radius 3 is 2.30 bits per heavy atom. The molecule has 0 radical (unpaired) electrons. The van der Waals surface area contributed by atoms with Gasteiger partial charge >= 0.3 is 18.3 Å². The van der Waals surface area contributed by atoms with E-state index in [9.17, 15) is 39.6 Å². The summed E-state index contributed by atoms with van der Waals surface area (Å²) in [4.78, 5) is 12.5. The highest BCUT2D eigenvalue weighted by molar-refractivity contribution is 7.92. The lowest BCUT2D eigenvalue weighted by molar-refractivity contribution is -0.141. The molecule has 0 spiro atoms. The molecule has 0 bridgehead atoms. The molecule has 0 aromatic heterocycles. The third-order valence-corrected chi connectivity index (χ3v) is 9.55.